The Hall–Kier alpha value is -6.66. The van der Waals surface area contributed by atoms with E-state index in [1.54, 1.807) is 0 Å². The molecule has 0 bridgehead atoms. The fraction of sp³-hybridized carbons (Fsp3) is 0.175. The minimum absolute atomic E-state index is 0. The van der Waals surface area contributed by atoms with E-state index in [2.05, 4.69) is 163 Å². The van der Waals surface area contributed by atoms with Crippen LogP contribution in [0.15, 0.2) is 158 Å². The summed E-state index contributed by atoms with van der Waals surface area (Å²) in [7, 11) is 0. The van der Waals surface area contributed by atoms with Crippen LogP contribution in [0.5, 0.6) is 0 Å². The minimum Gasteiger partial charge on any atom is -0.512 e. The van der Waals surface area contributed by atoms with Crippen LogP contribution in [0.1, 0.15) is 66.5 Å². The molecule has 8 aromatic carbocycles. The van der Waals surface area contributed by atoms with E-state index in [4.69, 9.17) is 25.0 Å². The van der Waals surface area contributed by atoms with Gasteiger partial charge in [-0.25, -0.2) is 0 Å². The van der Waals surface area contributed by atoms with E-state index in [9.17, 15) is 4.79 Å². The van der Waals surface area contributed by atoms with Crippen molar-refractivity contribution < 1.29 is 30.0 Å². The third kappa shape index (κ3) is 9.47. The van der Waals surface area contributed by atoms with E-state index in [1.807, 2.05) is 36.7 Å². The molecule has 0 amide bonds. The molecular weight excluding hydrogens is 965 g/mol. The SMILES string of the molecule is CC(=O)/C=C(/C)O.CC(C)(C)c1ccc(-c2cnc3c4[c-]cccc4c4ccccc4c3n2)cc1.CC(C)(C)c1ccc(-c2cnc3c4[c-]cccc4c4ccccc4c3n2)cc1.[Ir]. The Morgan fingerprint density at radius 1 is 0.500 bits per heavy atom. The molecule has 0 unspecified atom stereocenters. The van der Waals surface area contributed by atoms with Crippen LogP contribution in [0.3, 0.4) is 0 Å². The number of aliphatic hydroxyl groups excluding tert-OH is 1. The Morgan fingerprint density at radius 2 is 0.859 bits per heavy atom. The van der Waals surface area contributed by atoms with Gasteiger partial charge in [-0.05, 0) is 46.6 Å². The Bertz CT molecular complexity index is 3060. The maximum absolute atomic E-state index is 10.0. The summed E-state index contributed by atoms with van der Waals surface area (Å²) < 4.78 is 0. The molecule has 7 heteroatoms. The fourth-order valence-corrected chi connectivity index (χ4v) is 7.94. The van der Waals surface area contributed by atoms with Gasteiger partial charge in [-0.3, -0.25) is 14.8 Å². The molecule has 1 radical (unpaired) electrons. The standard InChI is InChI=1S/2C26H21N2.C5H8O2.Ir/c2*1-26(2,3)18-14-12-17(13-15-18)23-16-27-24-21-10-6-4-8-19(21)20-9-5-7-11-22(20)25(24)28-23;1-4(6)3-5(2)7;/h2*4-9,11-16H,1-3H3;3,6H,1-2H3;/q2*-1;;/b;;4-3-;. The van der Waals surface area contributed by atoms with Crippen molar-refractivity contribution in [2.24, 2.45) is 0 Å². The summed E-state index contributed by atoms with van der Waals surface area (Å²) in [6.07, 6.45) is 4.92. The Morgan fingerprint density at radius 3 is 1.19 bits per heavy atom. The summed E-state index contributed by atoms with van der Waals surface area (Å²) in [5.74, 6) is -0.0625. The van der Waals surface area contributed by atoms with Crippen molar-refractivity contribution in [3.63, 3.8) is 0 Å². The van der Waals surface area contributed by atoms with Crippen LogP contribution in [-0.2, 0) is 35.7 Å². The van der Waals surface area contributed by atoms with Crippen LogP contribution >= 0.6 is 0 Å². The van der Waals surface area contributed by atoms with Crippen LogP contribution < -0.4 is 0 Å². The summed E-state index contributed by atoms with van der Waals surface area (Å²) in [4.78, 5) is 29.7. The van der Waals surface area contributed by atoms with Gasteiger partial charge in [0.2, 0.25) is 0 Å². The Kier molecular flexibility index (Phi) is 13.2. The molecule has 0 aliphatic heterocycles. The Labute approximate surface area is 388 Å². The molecule has 10 aromatic rings. The van der Waals surface area contributed by atoms with Gasteiger partial charge in [0.05, 0.1) is 28.2 Å². The average Bonchev–Trinajstić information content (AvgIpc) is 3.28. The molecule has 0 spiro atoms. The number of allylic oxidation sites excluding steroid dienone is 2. The molecule has 0 aliphatic rings. The van der Waals surface area contributed by atoms with Crippen LogP contribution in [-0.4, -0.2) is 30.8 Å². The molecule has 2 aromatic heterocycles. The minimum atomic E-state index is -0.125. The zero-order chi connectivity index (χ0) is 44.5. The first-order valence-electron chi connectivity index (χ1n) is 21.2. The van der Waals surface area contributed by atoms with Crippen LogP contribution in [0, 0.1) is 12.1 Å². The molecule has 2 heterocycles. The van der Waals surface area contributed by atoms with E-state index in [0.29, 0.717) is 0 Å². The fourth-order valence-electron chi connectivity index (χ4n) is 7.94. The summed E-state index contributed by atoms with van der Waals surface area (Å²) in [5, 5.41) is 17.4. The molecular formula is C57H50IrN4O2-2. The number of aromatic nitrogens is 4. The van der Waals surface area contributed by atoms with E-state index in [1.165, 1.54) is 52.6 Å². The molecule has 321 valence electrons. The van der Waals surface area contributed by atoms with Gasteiger partial charge in [0.15, 0.2) is 5.78 Å². The number of aliphatic hydroxyl groups is 1. The van der Waals surface area contributed by atoms with Crippen molar-refractivity contribution >= 4 is 70.9 Å². The van der Waals surface area contributed by atoms with Gasteiger partial charge in [0, 0.05) is 60.7 Å². The predicted octanol–water partition coefficient (Wildman–Crippen LogP) is 14.4. The summed E-state index contributed by atoms with van der Waals surface area (Å²) in [6.45, 7) is 16.2. The zero-order valence-corrected chi connectivity index (χ0v) is 39.8. The van der Waals surface area contributed by atoms with Crippen molar-refractivity contribution in [2.75, 3.05) is 0 Å². The smallest absolute Gasteiger partial charge is 0.155 e. The average molecular weight is 1020 g/mol. The normalized spacial score (nSPS) is 11.8. The maximum atomic E-state index is 10.0. The van der Waals surface area contributed by atoms with Crippen molar-refractivity contribution in [3.8, 4) is 22.5 Å². The van der Waals surface area contributed by atoms with Crippen molar-refractivity contribution in [1.29, 1.82) is 0 Å². The van der Waals surface area contributed by atoms with Crippen LogP contribution in [0.2, 0.25) is 0 Å². The quantitative estimate of drug-likeness (QED) is 0.0821. The van der Waals surface area contributed by atoms with E-state index >= 15 is 0 Å². The monoisotopic (exact) mass is 1020 g/mol. The zero-order valence-electron chi connectivity index (χ0n) is 37.4. The molecule has 0 aliphatic carbocycles. The second-order valence-electron chi connectivity index (χ2n) is 18.0. The molecule has 0 fully saturated rings. The number of nitrogens with zero attached hydrogens (tertiary/aromatic N) is 4. The predicted molar refractivity (Wildman–Crippen MR) is 262 cm³/mol. The Balaban J connectivity index is 0.000000165. The van der Waals surface area contributed by atoms with Crippen molar-refractivity contribution in [3.05, 3.63) is 181 Å². The van der Waals surface area contributed by atoms with E-state index < -0.39 is 0 Å². The molecule has 64 heavy (non-hydrogen) atoms. The number of hydrogen-bond acceptors (Lipinski definition) is 6. The first-order chi connectivity index (χ1) is 30.2. The molecule has 0 saturated carbocycles. The molecule has 6 nitrogen and oxygen atoms in total. The molecule has 10 rings (SSSR count). The molecule has 0 atom stereocenters. The third-order valence-corrected chi connectivity index (χ3v) is 11.2. The first kappa shape index (κ1) is 45.4. The van der Waals surface area contributed by atoms with Gasteiger partial charge < -0.3 is 15.1 Å². The van der Waals surface area contributed by atoms with Gasteiger partial charge in [0.25, 0.3) is 0 Å². The molecule has 0 saturated heterocycles. The number of benzene rings is 8. The van der Waals surface area contributed by atoms with Gasteiger partial charge in [-0.1, -0.05) is 160 Å². The van der Waals surface area contributed by atoms with E-state index in [-0.39, 0.29) is 42.5 Å². The number of rotatable bonds is 3. The van der Waals surface area contributed by atoms with Gasteiger partial charge >= 0.3 is 0 Å². The summed E-state index contributed by atoms with van der Waals surface area (Å²) in [5.41, 5.74) is 10.6. The number of ketones is 1. The summed E-state index contributed by atoms with van der Waals surface area (Å²) in [6, 6.07) is 53.1. The maximum Gasteiger partial charge on any atom is 0.155 e. The van der Waals surface area contributed by atoms with Crippen molar-refractivity contribution in [1.82, 2.24) is 19.9 Å². The van der Waals surface area contributed by atoms with Gasteiger partial charge in [-0.15, -0.1) is 59.3 Å². The van der Waals surface area contributed by atoms with Crippen LogP contribution in [0.4, 0.5) is 0 Å². The second kappa shape index (κ2) is 18.6. The second-order valence-corrected chi connectivity index (χ2v) is 18.0. The molecule has 1 N–H and O–H groups in total. The topological polar surface area (TPSA) is 88.9 Å². The van der Waals surface area contributed by atoms with Crippen LogP contribution in [0.25, 0.3) is 87.7 Å². The number of carbonyl (C=O) groups is 1. The number of carbonyl (C=O) groups excluding carboxylic acids is 1. The number of hydrogen-bond donors (Lipinski definition) is 1. The number of fused-ring (bicyclic) bond motifs is 12. The van der Waals surface area contributed by atoms with Gasteiger partial charge in [-0.2, -0.15) is 0 Å². The van der Waals surface area contributed by atoms with Gasteiger partial charge in [0.1, 0.15) is 0 Å². The van der Waals surface area contributed by atoms with E-state index in [0.717, 1.165) is 66.1 Å². The summed E-state index contributed by atoms with van der Waals surface area (Å²) >= 11 is 0. The van der Waals surface area contributed by atoms with Crippen molar-refractivity contribution in [2.45, 2.75) is 66.2 Å². The third-order valence-electron chi connectivity index (χ3n) is 11.2. The largest absolute Gasteiger partial charge is 0.512 e. The first-order valence-corrected chi connectivity index (χ1v) is 21.2.